The van der Waals surface area contributed by atoms with Crippen LogP contribution in [0.25, 0.3) is 0 Å². The van der Waals surface area contributed by atoms with E-state index < -0.39 is 0 Å². The van der Waals surface area contributed by atoms with Crippen LogP contribution < -0.4 is 4.74 Å². The number of Topliss-reactive ketones (excluding diaryl/α,β-unsaturated/α-hetero) is 1. The van der Waals surface area contributed by atoms with Crippen molar-refractivity contribution in [3.8, 4) is 5.75 Å². The fraction of sp³-hybridized carbons (Fsp3) is 0.529. The van der Waals surface area contributed by atoms with Crippen molar-refractivity contribution in [2.24, 2.45) is 0 Å². The molecule has 0 N–H and O–H groups in total. The molecule has 4 heteroatoms. The fourth-order valence-electron chi connectivity index (χ4n) is 2.26. The Morgan fingerprint density at radius 2 is 1.81 bits per heavy atom. The van der Waals surface area contributed by atoms with Crippen molar-refractivity contribution in [2.75, 3.05) is 14.2 Å². The molecule has 0 fully saturated rings. The van der Waals surface area contributed by atoms with Gasteiger partial charge in [0.25, 0.3) is 0 Å². The van der Waals surface area contributed by atoms with Crippen molar-refractivity contribution in [1.29, 1.82) is 0 Å². The number of methoxy groups -OCH3 is 2. The van der Waals surface area contributed by atoms with Crippen molar-refractivity contribution in [1.82, 2.24) is 0 Å². The lowest BCUT2D eigenvalue weighted by Gasteiger charge is -2.15. The Morgan fingerprint density at radius 3 is 2.33 bits per heavy atom. The number of hydrogen-bond acceptors (Lipinski definition) is 4. The maximum atomic E-state index is 12.3. The van der Waals surface area contributed by atoms with E-state index in [2.05, 4.69) is 18.6 Å². The van der Waals surface area contributed by atoms with Gasteiger partial charge < -0.3 is 9.47 Å². The van der Waals surface area contributed by atoms with Gasteiger partial charge in [0.1, 0.15) is 5.75 Å². The highest BCUT2D eigenvalue weighted by Gasteiger charge is 2.16. The second-order valence-electron chi connectivity index (χ2n) is 5.42. The zero-order chi connectivity index (χ0) is 16.0. The molecule has 0 bridgehead atoms. The van der Waals surface area contributed by atoms with Gasteiger partial charge in [0.15, 0.2) is 5.78 Å². The quantitative estimate of drug-likeness (QED) is 0.568. The molecule has 0 spiro atoms. The number of ether oxygens (including phenoxy) is 2. The van der Waals surface area contributed by atoms with Crippen molar-refractivity contribution >= 4 is 11.8 Å². The zero-order valence-corrected chi connectivity index (χ0v) is 13.5. The predicted octanol–water partition coefficient (Wildman–Crippen LogP) is 3.65. The molecule has 0 aliphatic carbocycles. The van der Waals surface area contributed by atoms with E-state index in [0.717, 1.165) is 16.9 Å². The van der Waals surface area contributed by atoms with Crippen LogP contribution in [0.3, 0.4) is 0 Å². The number of carbonyl (C=O) groups excluding carboxylic acids is 2. The van der Waals surface area contributed by atoms with E-state index in [1.807, 2.05) is 19.1 Å². The SMILES string of the molecule is COC(=O)CCCC(=O)c1cc(C(C)C)c(OC)cc1C. The molecule has 0 saturated heterocycles. The Hall–Kier alpha value is -1.84. The Labute approximate surface area is 126 Å². The van der Waals surface area contributed by atoms with Gasteiger partial charge in [-0.15, -0.1) is 0 Å². The summed E-state index contributed by atoms with van der Waals surface area (Å²) in [7, 11) is 2.99. The molecule has 0 aliphatic heterocycles. The topological polar surface area (TPSA) is 52.6 Å². The third-order valence-electron chi connectivity index (χ3n) is 3.51. The van der Waals surface area contributed by atoms with Gasteiger partial charge in [-0.1, -0.05) is 13.8 Å². The average molecular weight is 292 g/mol. The largest absolute Gasteiger partial charge is 0.496 e. The molecule has 0 unspecified atom stereocenters. The third-order valence-corrected chi connectivity index (χ3v) is 3.51. The monoisotopic (exact) mass is 292 g/mol. The lowest BCUT2D eigenvalue weighted by Crippen LogP contribution is -2.07. The van der Waals surface area contributed by atoms with Crippen LogP contribution in [-0.2, 0) is 9.53 Å². The van der Waals surface area contributed by atoms with Crippen molar-refractivity contribution in [3.63, 3.8) is 0 Å². The van der Waals surface area contributed by atoms with Crippen LogP contribution in [0.5, 0.6) is 5.75 Å². The number of esters is 1. The second kappa shape index (κ2) is 7.81. The number of carbonyl (C=O) groups is 2. The normalized spacial score (nSPS) is 10.6. The van der Waals surface area contributed by atoms with E-state index in [1.165, 1.54) is 7.11 Å². The van der Waals surface area contributed by atoms with Gasteiger partial charge in [-0.25, -0.2) is 0 Å². The van der Waals surface area contributed by atoms with Gasteiger partial charge in [0, 0.05) is 18.4 Å². The second-order valence-corrected chi connectivity index (χ2v) is 5.42. The maximum Gasteiger partial charge on any atom is 0.305 e. The van der Waals surface area contributed by atoms with E-state index in [-0.39, 0.29) is 24.1 Å². The summed E-state index contributed by atoms with van der Waals surface area (Å²) in [4.78, 5) is 23.4. The molecule has 1 aromatic carbocycles. The smallest absolute Gasteiger partial charge is 0.305 e. The third kappa shape index (κ3) is 4.59. The first kappa shape index (κ1) is 17.2. The molecule has 21 heavy (non-hydrogen) atoms. The summed E-state index contributed by atoms with van der Waals surface area (Å²) >= 11 is 0. The molecule has 1 rings (SSSR count). The highest BCUT2D eigenvalue weighted by Crippen LogP contribution is 2.30. The highest BCUT2D eigenvalue weighted by molar-refractivity contribution is 5.98. The fourth-order valence-corrected chi connectivity index (χ4v) is 2.26. The first-order valence-electron chi connectivity index (χ1n) is 7.19. The van der Waals surface area contributed by atoms with E-state index in [1.54, 1.807) is 7.11 Å². The molecule has 0 aromatic heterocycles. The number of benzene rings is 1. The Kier molecular flexibility index (Phi) is 6.40. The van der Waals surface area contributed by atoms with Gasteiger partial charge in [0.2, 0.25) is 0 Å². The summed E-state index contributed by atoms with van der Waals surface area (Å²) in [6.45, 7) is 6.04. The average Bonchev–Trinajstić information content (AvgIpc) is 2.45. The van der Waals surface area contributed by atoms with E-state index >= 15 is 0 Å². The highest BCUT2D eigenvalue weighted by atomic mass is 16.5. The molecule has 0 saturated carbocycles. The van der Waals surface area contributed by atoms with Gasteiger partial charge in [-0.3, -0.25) is 9.59 Å². The molecule has 0 aliphatic rings. The maximum absolute atomic E-state index is 12.3. The first-order chi connectivity index (χ1) is 9.90. The Morgan fingerprint density at radius 1 is 1.14 bits per heavy atom. The zero-order valence-electron chi connectivity index (χ0n) is 13.5. The van der Waals surface area contributed by atoms with Crippen LogP contribution in [0.1, 0.15) is 60.5 Å². The lowest BCUT2D eigenvalue weighted by atomic mass is 9.93. The number of ketones is 1. The molecule has 0 atom stereocenters. The number of aryl methyl sites for hydroxylation is 1. The Balaban J connectivity index is 2.89. The number of rotatable bonds is 7. The molecular formula is C17H24O4. The summed E-state index contributed by atoms with van der Waals surface area (Å²) in [5, 5.41) is 0. The van der Waals surface area contributed by atoms with Crippen LogP contribution in [0.2, 0.25) is 0 Å². The molecule has 1 aromatic rings. The Bertz CT molecular complexity index is 518. The van der Waals surface area contributed by atoms with Crippen LogP contribution in [0.15, 0.2) is 12.1 Å². The standard InChI is InChI=1S/C17H24O4/c1-11(2)13-10-14(12(3)9-16(13)20-4)15(18)7-6-8-17(19)21-5/h9-11H,6-8H2,1-5H3. The molecular weight excluding hydrogens is 268 g/mol. The van der Waals surface area contributed by atoms with Crippen molar-refractivity contribution < 1.29 is 19.1 Å². The summed E-state index contributed by atoms with van der Waals surface area (Å²) < 4.78 is 9.95. The summed E-state index contributed by atoms with van der Waals surface area (Å²) in [5.41, 5.74) is 2.64. The first-order valence-corrected chi connectivity index (χ1v) is 7.19. The molecule has 116 valence electrons. The van der Waals surface area contributed by atoms with Crippen LogP contribution in [-0.4, -0.2) is 26.0 Å². The lowest BCUT2D eigenvalue weighted by molar-refractivity contribution is -0.140. The molecule has 0 radical (unpaired) electrons. The van der Waals surface area contributed by atoms with Gasteiger partial charge >= 0.3 is 5.97 Å². The summed E-state index contributed by atoms with van der Waals surface area (Å²) in [5.74, 6) is 0.869. The minimum atomic E-state index is -0.280. The van der Waals surface area contributed by atoms with E-state index in [9.17, 15) is 9.59 Å². The molecule has 0 heterocycles. The van der Waals surface area contributed by atoms with Crippen molar-refractivity contribution in [3.05, 3.63) is 28.8 Å². The van der Waals surface area contributed by atoms with Gasteiger partial charge in [-0.05, 0) is 42.5 Å². The van der Waals surface area contributed by atoms with Crippen LogP contribution in [0, 0.1) is 6.92 Å². The van der Waals surface area contributed by atoms with E-state index in [4.69, 9.17) is 4.74 Å². The summed E-state index contributed by atoms with van der Waals surface area (Å²) in [6.07, 6.45) is 1.13. The predicted molar refractivity (Wildman–Crippen MR) is 82.0 cm³/mol. The van der Waals surface area contributed by atoms with E-state index in [0.29, 0.717) is 18.4 Å². The van der Waals surface area contributed by atoms with Crippen LogP contribution in [0.4, 0.5) is 0 Å². The summed E-state index contributed by atoms with van der Waals surface area (Å²) in [6, 6.07) is 3.82. The van der Waals surface area contributed by atoms with Gasteiger partial charge in [-0.2, -0.15) is 0 Å². The minimum Gasteiger partial charge on any atom is -0.496 e. The van der Waals surface area contributed by atoms with Crippen LogP contribution >= 0.6 is 0 Å². The number of hydrogen-bond donors (Lipinski definition) is 0. The molecule has 4 nitrogen and oxygen atoms in total. The van der Waals surface area contributed by atoms with Crippen molar-refractivity contribution in [2.45, 2.75) is 46.0 Å². The van der Waals surface area contributed by atoms with Gasteiger partial charge in [0.05, 0.1) is 14.2 Å². The molecule has 0 amide bonds. The minimum absolute atomic E-state index is 0.0564.